The van der Waals surface area contributed by atoms with Crippen LogP contribution >= 0.6 is 0 Å². The van der Waals surface area contributed by atoms with Crippen LogP contribution in [0.25, 0.3) is 11.1 Å². The molecule has 2 heteroatoms. The summed E-state index contributed by atoms with van der Waals surface area (Å²) in [5, 5.41) is 0. The average molecular weight is 318 g/mol. The van der Waals surface area contributed by atoms with Gasteiger partial charge in [-0.3, -0.25) is 0 Å². The van der Waals surface area contributed by atoms with Crippen LogP contribution in [0, 0.1) is 17.8 Å². The van der Waals surface area contributed by atoms with Gasteiger partial charge >= 0.3 is 5.97 Å². The average Bonchev–Trinajstić information content (AvgIpc) is 3.26. The Balaban J connectivity index is 1.31. The van der Waals surface area contributed by atoms with Crippen LogP contribution < -0.4 is 0 Å². The molecule has 2 aliphatic rings. The number of carbonyl (C=O) groups excluding carboxylic acids is 1. The maximum Gasteiger partial charge on any atom is 0.338 e. The number of ether oxygens (including phenoxy) is 1. The van der Waals surface area contributed by atoms with Gasteiger partial charge in [0, 0.05) is 0 Å². The van der Waals surface area contributed by atoms with E-state index in [0.717, 1.165) is 29.4 Å². The molecule has 0 radical (unpaired) electrons. The maximum atomic E-state index is 12.2. The molecule has 0 aliphatic heterocycles. The lowest BCUT2D eigenvalue weighted by Gasteiger charge is -2.17. The van der Waals surface area contributed by atoms with Gasteiger partial charge in [0.1, 0.15) is 0 Å². The first kappa shape index (κ1) is 15.2. The molecule has 1 saturated carbocycles. The van der Waals surface area contributed by atoms with E-state index in [4.69, 9.17) is 4.74 Å². The summed E-state index contributed by atoms with van der Waals surface area (Å²) in [5.41, 5.74) is 2.89. The van der Waals surface area contributed by atoms with Crippen LogP contribution in [-0.4, -0.2) is 12.6 Å². The second-order valence-corrected chi connectivity index (χ2v) is 6.91. The lowest BCUT2D eigenvalue weighted by atomic mass is 9.91. The summed E-state index contributed by atoms with van der Waals surface area (Å²) in [4.78, 5) is 12.2. The van der Waals surface area contributed by atoms with Gasteiger partial charge in [-0.2, -0.15) is 0 Å². The van der Waals surface area contributed by atoms with E-state index >= 15 is 0 Å². The van der Waals surface area contributed by atoms with E-state index < -0.39 is 0 Å². The number of benzene rings is 2. The third-order valence-electron chi connectivity index (χ3n) is 5.37. The highest BCUT2D eigenvalue weighted by Crippen LogP contribution is 2.44. The molecule has 2 aromatic rings. The van der Waals surface area contributed by atoms with Crippen LogP contribution in [0.1, 0.15) is 29.6 Å². The van der Waals surface area contributed by atoms with Crippen molar-refractivity contribution >= 4 is 5.97 Å². The number of fused-ring (bicyclic) bond motifs is 2. The normalized spacial score (nSPS) is 24.2. The summed E-state index contributed by atoms with van der Waals surface area (Å²) >= 11 is 0. The Labute approximate surface area is 143 Å². The second-order valence-electron chi connectivity index (χ2n) is 6.91. The first-order valence-corrected chi connectivity index (χ1v) is 8.80. The molecular formula is C22H22O2. The smallest absolute Gasteiger partial charge is 0.338 e. The van der Waals surface area contributed by atoms with Gasteiger partial charge in [0.25, 0.3) is 0 Å². The Morgan fingerprint density at radius 3 is 2.33 bits per heavy atom. The van der Waals surface area contributed by atoms with Gasteiger partial charge in [0.05, 0.1) is 12.2 Å². The minimum atomic E-state index is -0.215. The topological polar surface area (TPSA) is 26.3 Å². The van der Waals surface area contributed by atoms with E-state index in [1.807, 2.05) is 42.5 Å². The SMILES string of the molecule is O=C(OCCC1CC2C=CC1C2)c1ccc(-c2ccccc2)cc1. The van der Waals surface area contributed by atoms with Crippen molar-refractivity contribution in [3.63, 3.8) is 0 Å². The third kappa shape index (κ3) is 3.14. The molecule has 4 rings (SSSR count). The van der Waals surface area contributed by atoms with E-state index in [0.29, 0.717) is 18.1 Å². The largest absolute Gasteiger partial charge is 0.462 e. The van der Waals surface area contributed by atoms with Crippen molar-refractivity contribution in [3.8, 4) is 11.1 Å². The second kappa shape index (κ2) is 6.64. The zero-order valence-corrected chi connectivity index (χ0v) is 13.7. The van der Waals surface area contributed by atoms with Gasteiger partial charge in [-0.1, -0.05) is 54.6 Å². The monoisotopic (exact) mass is 318 g/mol. The summed E-state index contributed by atoms with van der Waals surface area (Å²) in [5.74, 6) is 1.99. The van der Waals surface area contributed by atoms with E-state index in [-0.39, 0.29) is 5.97 Å². The Bertz CT molecular complexity index is 730. The van der Waals surface area contributed by atoms with Gasteiger partial charge in [-0.05, 0) is 60.3 Å². The highest BCUT2D eigenvalue weighted by Gasteiger charge is 2.35. The molecule has 3 unspecified atom stereocenters. The zero-order chi connectivity index (χ0) is 16.4. The number of allylic oxidation sites excluding steroid dienone is 2. The molecular weight excluding hydrogens is 296 g/mol. The molecule has 2 bridgehead atoms. The quantitative estimate of drug-likeness (QED) is 0.565. The number of hydrogen-bond acceptors (Lipinski definition) is 2. The third-order valence-corrected chi connectivity index (χ3v) is 5.37. The van der Waals surface area contributed by atoms with Crippen molar-refractivity contribution in [1.82, 2.24) is 0 Å². The molecule has 2 nitrogen and oxygen atoms in total. The Morgan fingerprint density at radius 1 is 0.917 bits per heavy atom. The maximum absolute atomic E-state index is 12.2. The minimum Gasteiger partial charge on any atom is -0.462 e. The van der Waals surface area contributed by atoms with Crippen LogP contribution in [0.15, 0.2) is 66.7 Å². The highest BCUT2D eigenvalue weighted by atomic mass is 16.5. The first-order chi connectivity index (χ1) is 11.8. The fourth-order valence-corrected chi connectivity index (χ4v) is 4.04. The molecule has 24 heavy (non-hydrogen) atoms. The van der Waals surface area contributed by atoms with Gasteiger partial charge in [-0.15, -0.1) is 0 Å². The molecule has 2 aliphatic carbocycles. The summed E-state index contributed by atoms with van der Waals surface area (Å²) in [6.45, 7) is 0.529. The molecule has 3 atom stereocenters. The van der Waals surface area contributed by atoms with Crippen molar-refractivity contribution in [1.29, 1.82) is 0 Å². The molecule has 0 spiro atoms. The predicted molar refractivity (Wildman–Crippen MR) is 95.6 cm³/mol. The minimum absolute atomic E-state index is 0.215. The molecule has 1 fully saturated rings. The number of hydrogen-bond donors (Lipinski definition) is 0. The van der Waals surface area contributed by atoms with Gasteiger partial charge < -0.3 is 4.74 Å². The molecule has 2 aromatic carbocycles. The number of carbonyl (C=O) groups is 1. The molecule has 122 valence electrons. The van der Waals surface area contributed by atoms with E-state index in [1.54, 1.807) is 0 Å². The fraction of sp³-hybridized carbons (Fsp3) is 0.318. The lowest BCUT2D eigenvalue weighted by molar-refractivity contribution is 0.0477. The number of esters is 1. The number of rotatable bonds is 5. The van der Waals surface area contributed by atoms with E-state index in [9.17, 15) is 4.79 Å². The van der Waals surface area contributed by atoms with Crippen molar-refractivity contribution in [2.45, 2.75) is 19.3 Å². The summed E-state index contributed by atoms with van der Waals surface area (Å²) in [7, 11) is 0. The van der Waals surface area contributed by atoms with Gasteiger partial charge in [0.2, 0.25) is 0 Å². The van der Waals surface area contributed by atoms with Crippen LogP contribution in [0.2, 0.25) is 0 Å². The Hall–Kier alpha value is -2.35. The standard InChI is InChI=1S/C22H22O2/c23-22(24-13-12-21-15-16-6-7-20(21)14-16)19-10-8-18(9-11-19)17-4-2-1-3-5-17/h1-11,16,20-21H,12-15H2. The first-order valence-electron chi connectivity index (χ1n) is 8.80. The molecule has 0 amide bonds. The van der Waals surface area contributed by atoms with Crippen LogP contribution in [0.4, 0.5) is 0 Å². The summed E-state index contributed by atoms with van der Waals surface area (Å²) < 4.78 is 5.48. The Kier molecular flexibility index (Phi) is 4.20. The van der Waals surface area contributed by atoms with Crippen molar-refractivity contribution in [2.75, 3.05) is 6.61 Å². The van der Waals surface area contributed by atoms with Crippen LogP contribution in [-0.2, 0) is 4.74 Å². The van der Waals surface area contributed by atoms with Crippen molar-refractivity contribution in [3.05, 3.63) is 72.3 Å². The van der Waals surface area contributed by atoms with Gasteiger partial charge in [0.15, 0.2) is 0 Å². The van der Waals surface area contributed by atoms with E-state index in [2.05, 4.69) is 24.3 Å². The van der Waals surface area contributed by atoms with Crippen molar-refractivity contribution in [2.24, 2.45) is 17.8 Å². The summed E-state index contributed by atoms with van der Waals surface area (Å²) in [6, 6.07) is 17.8. The predicted octanol–water partition coefficient (Wildman–Crippen LogP) is 5.11. The van der Waals surface area contributed by atoms with Crippen molar-refractivity contribution < 1.29 is 9.53 Å². The fourth-order valence-electron chi connectivity index (χ4n) is 4.04. The van der Waals surface area contributed by atoms with Crippen LogP contribution in [0.5, 0.6) is 0 Å². The lowest BCUT2D eigenvalue weighted by Crippen LogP contribution is -2.13. The molecule has 0 saturated heterocycles. The highest BCUT2D eigenvalue weighted by molar-refractivity contribution is 5.90. The summed E-state index contributed by atoms with van der Waals surface area (Å²) in [6.07, 6.45) is 8.26. The van der Waals surface area contributed by atoms with E-state index in [1.165, 1.54) is 12.8 Å². The Morgan fingerprint density at radius 2 is 1.67 bits per heavy atom. The van der Waals surface area contributed by atoms with Gasteiger partial charge in [-0.25, -0.2) is 4.79 Å². The molecule has 0 heterocycles. The molecule has 0 N–H and O–H groups in total. The molecule has 0 aromatic heterocycles. The van der Waals surface area contributed by atoms with Crippen LogP contribution in [0.3, 0.4) is 0 Å². The zero-order valence-electron chi connectivity index (χ0n) is 13.7.